The average Bonchev–Trinajstić information content (AvgIpc) is 3.01. The Bertz CT molecular complexity index is 421. The van der Waals surface area contributed by atoms with Crippen LogP contribution in [0.4, 0.5) is 4.39 Å². The summed E-state index contributed by atoms with van der Waals surface area (Å²) >= 11 is 0. The molecule has 0 heterocycles. The van der Waals surface area contributed by atoms with Crippen LogP contribution in [0, 0.1) is 11.7 Å². The Morgan fingerprint density at radius 2 is 2.28 bits per heavy atom. The van der Waals surface area contributed by atoms with Crippen LogP contribution in [-0.2, 0) is 5.41 Å². The van der Waals surface area contributed by atoms with Gasteiger partial charge in [0.1, 0.15) is 11.6 Å². The van der Waals surface area contributed by atoms with E-state index < -0.39 is 0 Å². The predicted molar refractivity (Wildman–Crippen MR) is 71.6 cm³/mol. The highest BCUT2D eigenvalue weighted by Gasteiger charge is 2.53. The van der Waals surface area contributed by atoms with Gasteiger partial charge in [-0.3, -0.25) is 0 Å². The van der Waals surface area contributed by atoms with Gasteiger partial charge in [0.2, 0.25) is 0 Å². The molecule has 1 saturated carbocycles. The second-order valence-corrected chi connectivity index (χ2v) is 5.34. The molecule has 2 nitrogen and oxygen atoms in total. The van der Waals surface area contributed by atoms with E-state index in [9.17, 15) is 4.39 Å². The predicted octanol–water partition coefficient (Wildman–Crippen LogP) is 3.11. The minimum Gasteiger partial charge on any atom is -0.496 e. The van der Waals surface area contributed by atoms with Crippen molar-refractivity contribution in [2.24, 2.45) is 5.92 Å². The zero-order valence-electron chi connectivity index (χ0n) is 11.4. The number of methoxy groups -OCH3 is 1. The molecule has 2 unspecified atom stereocenters. The maximum absolute atomic E-state index is 14.0. The largest absolute Gasteiger partial charge is 0.496 e. The summed E-state index contributed by atoms with van der Waals surface area (Å²) in [5.41, 5.74) is 0.674. The number of hydrogen-bond donors (Lipinski definition) is 1. The van der Waals surface area contributed by atoms with E-state index in [2.05, 4.69) is 19.2 Å². The van der Waals surface area contributed by atoms with E-state index >= 15 is 0 Å². The molecule has 1 fully saturated rings. The molecule has 0 radical (unpaired) electrons. The normalized spacial score (nSPS) is 26.1. The Labute approximate surface area is 109 Å². The second kappa shape index (κ2) is 5.27. The fraction of sp³-hybridized carbons (Fsp3) is 0.600. The van der Waals surface area contributed by atoms with Crippen molar-refractivity contribution in [3.05, 3.63) is 29.6 Å². The minimum atomic E-state index is -0.144. The smallest absolute Gasteiger partial charge is 0.130 e. The summed E-state index contributed by atoms with van der Waals surface area (Å²) in [4.78, 5) is 0. The Kier molecular flexibility index (Phi) is 3.91. The van der Waals surface area contributed by atoms with Crippen LogP contribution in [0.5, 0.6) is 5.75 Å². The summed E-state index contributed by atoms with van der Waals surface area (Å²) in [6.07, 6.45) is 2.16. The summed E-state index contributed by atoms with van der Waals surface area (Å²) in [7, 11) is 1.61. The molecule has 18 heavy (non-hydrogen) atoms. The molecule has 2 rings (SSSR count). The van der Waals surface area contributed by atoms with E-state index in [4.69, 9.17) is 4.74 Å². The van der Waals surface area contributed by atoms with Crippen molar-refractivity contribution in [3.8, 4) is 5.75 Å². The topological polar surface area (TPSA) is 21.3 Å². The van der Waals surface area contributed by atoms with Crippen LogP contribution >= 0.6 is 0 Å². The van der Waals surface area contributed by atoms with E-state index in [-0.39, 0.29) is 11.2 Å². The molecular weight excluding hydrogens is 229 g/mol. The highest BCUT2D eigenvalue weighted by atomic mass is 19.1. The Morgan fingerprint density at radius 3 is 2.94 bits per heavy atom. The molecule has 0 spiro atoms. The van der Waals surface area contributed by atoms with Crippen LogP contribution in [0.25, 0.3) is 0 Å². The third-order valence-corrected chi connectivity index (χ3v) is 4.00. The monoisotopic (exact) mass is 251 g/mol. The molecule has 3 heteroatoms. The maximum atomic E-state index is 14.0. The third kappa shape index (κ3) is 2.37. The van der Waals surface area contributed by atoms with Crippen molar-refractivity contribution in [2.45, 2.75) is 32.1 Å². The summed E-state index contributed by atoms with van der Waals surface area (Å²) < 4.78 is 19.3. The highest BCUT2D eigenvalue weighted by Crippen LogP contribution is 2.56. The zero-order chi connectivity index (χ0) is 13.2. The van der Waals surface area contributed by atoms with Crippen LogP contribution in [0.3, 0.4) is 0 Å². The third-order valence-electron chi connectivity index (χ3n) is 4.00. The van der Waals surface area contributed by atoms with Crippen LogP contribution in [-0.4, -0.2) is 20.2 Å². The van der Waals surface area contributed by atoms with Crippen LogP contribution < -0.4 is 10.1 Å². The number of ether oxygens (including phenoxy) is 1. The van der Waals surface area contributed by atoms with E-state index in [0.29, 0.717) is 11.7 Å². The second-order valence-electron chi connectivity index (χ2n) is 5.34. The lowest BCUT2D eigenvalue weighted by Gasteiger charge is -2.17. The van der Waals surface area contributed by atoms with Gasteiger partial charge in [-0.05, 0) is 44.0 Å². The average molecular weight is 251 g/mol. The van der Waals surface area contributed by atoms with Gasteiger partial charge in [0.05, 0.1) is 7.11 Å². The molecule has 1 aromatic carbocycles. The van der Waals surface area contributed by atoms with Gasteiger partial charge >= 0.3 is 0 Å². The molecule has 0 aromatic heterocycles. The first kappa shape index (κ1) is 13.3. The Hall–Kier alpha value is -1.09. The Morgan fingerprint density at radius 1 is 1.50 bits per heavy atom. The summed E-state index contributed by atoms with van der Waals surface area (Å²) in [5, 5.41) is 3.42. The van der Waals surface area contributed by atoms with Gasteiger partial charge in [-0.1, -0.05) is 19.9 Å². The minimum absolute atomic E-state index is 0.0720. The molecule has 0 bridgehead atoms. The molecule has 1 N–H and O–H groups in total. The quantitative estimate of drug-likeness (QED) is 0.784. The molecule has 100 valence electrons. The SMILES string of the molecule is CCCNCC1CC1(C)c1c(F)cccc1OC. The van der Waals surface area contributed by atoms with Crippen molar-refractivity contribution < 1.29 is 9.13 Å². The van der Waals surface area contributed by atoms with Gasteiger partial charge in [0, 0.05) is 11.0 Å². The molecular formula is C15H22FNO. The standard InChI is InChI=1S/C15H22FNO/c1-4-8-17-10-11-9-15(11,2)14-12(16)6-5-7-13(14)18-3/h5-7,11,17H,4,8-10H2,1-3H3. The number of nitrogens with one attached hydrogen (secondary N) is 1. The molecule has 0 amide bonds. The first-order valence-electron chi connectivity index (χ1n) is 6.67. The lowest BCUT2D eigenvalue weighted by molar-refractivity contribution is 0.395. The molecule has 2 atom stereocenters. The van der Waals surface area contributed by atoms with E-state index in [1.54, 1.807) is 13.2 Å². The first-order valence-corrected chi connectivity index (χ1v) is 6.67. The number of halogens is 1. The fourth-order valence-corrected chi connectivity index (χ4v) is 2.74. The lowest BCUT2D eigenvalue weighted by atomic mass is 9.93. The Balaban J connectivity index is 2.13. The van der Waals surface area contributed by atoms with Crippen molar-refractivity contribution in [3.63, 3.8) is 0 Å². The van der Waals surface area contributed by atoms with Crippen molar-refractivity contribution in [2.75, 3.05) is 20.2 Å². The zero-order valence-corrected chi connectivity index (χ0v) is 11.4. The van der Waals surface area contributed by atoms with Crippen molar-refractivity contribution >= 4 is 0 Å². The van der Waals surface area contributed by atoms with Gasteiger partial charge in [0.25, 0.3) is 0 Å². The van der Waals surface area contributed by atoms with Gasteiger partial charge in [-0.25, -0.2) is 4.39 Å². The van der Waals surface area contributed by atoms with Gasteiger partial charge in [-0.15, -0.1) is 0 Å². The summed E-state index contributed by atoms with van der Waals surface area (Å²) in [6.45, 7) is 6.27. The van der Waals surface area contributed by atoms with E-state index in [1.807, 2.05) is 6.07 Å². The van der Waals surface area contributed by atoms with E-state index in [1.165, 1.54) is 6.07 Å². The van der Waals surface area contributed by atoms with Crippen LogP contribution in [0.1, 0.15) is 32.3 Å². The van der Waals surface area contributed by atoms with Gasteiger partial charge in [-0.2, -0.15) is 0 Å². The fourth-order valence-electron chi connectivity index (χ4n) is 2.74. The van der Waals surface area contributed by atoms with Gasteiger partial charge < -0.3 is 10.1 Å². The van der Waals surface area contributed by atoms with Crippen molar-refractivity contribution in [1.29, 1.82) is 0 Å². The molecule has 1 aliphatic carbocycles. The highest BCUT2D eigenvalue weighted by molar-refractivity contribution is 5.45. The molecule has 1 aromatic rings. The van der Waals surface area contributed by atoms with Crippen molar-refractivity contribution in [1.82, 2.24) is 5.32 Å². The molecule has 0 aliphatic heterocycles. The maximum Gasteiger partial charge on any atom is 0.130 e. The van der Waals surface area contributed by atoms with Gasteiger partial charge in [0.15, 0.2) is 0 Å². The lowest BCUT2D eigenvalue weighted by Crippen LogP contribution is -2.21. The van der Waals surface area contributed by atoms with E-state index in [0.717, 1.165) is 31.5 Å². The van der Waals surface area contributed by atoms with Crippen LogP contribution in [0.15, 0.2) is 18.2 Å². The molecule has 0 saturated heterocycles. The summed E-state index contributed by atoms with van der Waals surface area (Å²) in [5.74, 6) is 1.04. The first-order chi connectivity index (χ1) is 8.63. The number of hydrogen-bond acceptors (Lipinski definition) is 2. The number of benzene rings is 1. The summed E-state index contributed by atoms with van der Waals surface area (Å²) in [6, 6.07) is 5.07. The van der Waals surface area contributed by atoms with Crippen LogP contribution in [0.2, 0.25) is 0 Å². The number of rotatable bonds is 6. The molecule has 1 aliphatic rings.